The van der Waals surface area contributed by atoms with Crippen LogP contribution < -0.4 is 10.4 Å². The van der Waals surface area contributed by atoms with E-state index in [-0.39, 0.29) is 12.5 Å². The van der Waals surface area contributed by atoms with Crippen molar-refractivity contribution in [1.29, 1.82) is 0 Å². The maximum absolute atomic E-state index is 12.3. The topological polar surface area (TPSA) is 78.5 Å². The molecule has 2 bridgehead atoms. The van der Waals surface area contributed by atoms with Gasteiger partial charge in [-0.15, -0.1) is 0 Å². The van der Waals surface area contributed by atoms with Crippen molar-refractivity contribution in [2.75, 3.05) is 0 Å². The van der Waals surface area contributed by atoms with E-state index in [2.05, 4.69) is 5.32 Å². The van der Waals surface area contributed by atoms with Gasteiger partial charge in [0.25, 0.3) is 0 Å². The number of halogens is 1. The van der Waals surface area contributed by atoms with Gasteiger partial charge in [0, 0.05) is 23.5 Å². The molecule has 0 saturated carbocycles. The highest BCUT2D eigenvalue weighted by Crippen LogP contribution is 2.38. The van der Waals surface area contributed by atoms with Crippen LogP contribution in [0, 0.1) is 11.8 Å². The monoisotopic (exact) mass is 306 g/mol. The van der Waals surface area contributed by atoms with E-state index in [1.54, 1.807) is 30.4 Å². The highest BCUT2D eigenvalue weighted by molar-refractivity contribution is 6.30. The van der Waals surface area contributed by atoms with Crippen LogP contribution in [0.4, 0.5) is 0 Å². The SMILES string of the molecule is O=C([O-])[C@@H]1[C@@H](C(=O)NCc2cccc(Cl)c2)[C@H]2C=C[C@@H]1O2. The van der Waals surface area contributed by atoms with Gasteiger partial charge in [0.15, 0.2) is 0 Å². The average Bonchev–Trinajstić information content (AvgIpc) is 3.05. The van der Waals surface area contributed by atoms with Gasteiger partial charge in [0.1, 0.15) is 0 Å². The molecule has 0 spiro atoms. The summed E-state index contributed by atoms with van der Waals surface area (Å²) in [5.41, 5.74) is 0.848. The van der Waals surface area contributed by atoms with Gasteiger partial charge in [-0.1, -0.05) is 35.9 Å². The van der Waals surface area contributed by atoms with Crippen molar-refractivity contribution in [2.24, 2.45) is 11.8 Å². The average molecular weight is 307 g/mol. The van der Waals surface area contributed by atoms with Gasteiger partial charge < -0.3 is 20.0 Å². The second-order valence-corrected chi connectivity index (χ2v) is 5.60. The number of hydrogen-bond donors (Lipinski definition) is 1. The number of fused-ring (bicyclic) bond motifs is 2. The predicted molar refractivity (Wildman–Crippen MR) is 73.1 cm³/mol. The van der Waals surface area contributed by atoms with E-state index in [1.807, 2.05) is 6.07 Å². The van der Waals surface area contributed by atoms with Crippen molar-refractivity contribution in [2.45, 2.75) is 18.8 Å². The Bertz CT molecular complexity index is 615. The molecule has 21 heavy (non-hydrogen) atoms. The summed E-state index contributed by atoms with van der Waals surface area (Å²) in [4.78, 5) is 23.5. The fraction of sp³-hybridized carbons (Fsp3) is 0.333. The molecule has 3 rings (SSSR count). The molecule has 1 aromatic rings. The number of carboxylic acids is 1. The molecule has 110 valence electrons. The largest absolute Gasteiger partial charge is 0.550 e. The van der Waals surface area contributed by atoms with Crippen LogP contribution in [-0.4, -0.2) is 24.1 Å². The van der Waals surface area contributed by atoms with Crippen LogP contribution in [0.25, 0.3) is 0 Å². The summed E-state index contributed by atoms with van der Waals surface area (Å²) in [5.74, 6) is -3.28. The molecule has 1 N–H and O–H groups in total. The number of carboxylic acid groups (broad SMARTS) is 1. The molecular formula is C15H13ClNO4-. The molecule has 0 unspecified atom stereocenters. The molecule has 0 radical (unpaired) electrons. The third-order valence-corrected chi connectivity index (χ3v) is 4.07. The number of rotatable bonds is 4. The van der Waals surface area contributed by atoms with E-state index in [9.17, 15) is 14.7 Å². The van der Waals surface area contributed by atoms with Crippen LogP contribution in [0.1, 0.15) is 5.56 Å². The maximum atomic E-state index is 12.3. The Morgan fingerprint density at radius 3 is 2.62 bits per heavy atom. The molecule has 0 aliphatic carbocycles. The molecule has 1 saturated heterocycles. The lowest BCUT2D eigenvalue weighted by Crippen LogP contribution is -2.46. The zero-order chi connectivity index (χ0) is 15.0. The van der Waals surface area contributed by atoms with Gasteiger partial charge in [-0.2, -0.15) is 0 Å². The molecule has 2 aliphatic heterocycles. The second kappa shape index (κ2) is 5.50. The van der Waals surface area contributed by atoms with Gasteiger partial charge in [0.05, 0.1) is 18.1 Å². The number of amides is 1. The third-order valence-electron chi connectivity index (χ3n) is 3.83. The summed E-state index contributed by atoms with van der Waals surface area (Å²) < 4.78 is 5.44. The Morgan fingerprint density at radius 1 is 1.24 bits per heavy atom. The minimum Gasteiger partial charge on any atom is -0.550 e. The van der Waals surface area contributed by atoms with E-state index < -0.39 is 30.0 Å². The molecule has 5 nitrogen and oxygen atoms in total. The lowest BCUT2D eigenvalue weighted by Gasteiger charge is -2.25. The lowest BCUT2D eigenvalue weighted by molar-refractivity contribution is -0.313. The maximum Gasteiger partial charge on any atom is 0.227 e. The Balaban J connectivity index is 1.68. The molecule has 1 aromatic carbocycles. The van der Waals surface area contributed by atoms with Crippen molar-refractivity contribution in [1.82, 2.24) is 5.32 Å². The number of benzene rings is 1. The van der Waals surface area contributed by atoms with Gasteiger partial charge in [-0.05, 0) is 17.7 Å². The van der Waals surface area contributed by atoms with Crippen molar-refractivity contribution in [3.63, 3.8) is 0 Å². The first-order valence-electron chi connectivity index (χ1n) is 6.63. The molecule has 0 aromatic heterocycles. The highest BCUT2D eigenvalue weighted by atomic mass is 35.5. The van der Waals surface area contributed by atoms with Crippen LogP contribution in [0.5, 0.6) is 0 Å². The number of nitrogens with one attached hydrogen (secondary N) is 1. The predicted octanol–water partition coefficient (Wildman–Crippen LogP) is 0.276. The third kappa shape index (κ3) is 2.66. The number of carbonyl (C=O) groups is 2. The zero-order valence-corrected chi connectivity index (χ0v) is 11.7. The first kappa shape index (κ1) is 14.1. The minimum absolute atomic E-state index is 0.288. The molecule has 6 heteroatoms. The Labute approximate surface area is 126 Å². The number of hydrogen-bond acceptors (Lipinski definition) is 4. The number of ether oxygens (including phenoxy) is 1. The smallest absolute Gasteiger partial charge is 0.227 e. The first-order valence-corrected chi connectivity index (χ1v) is 7.01. The summed E-state index contributed by atoms with van der Waals surface area (Å²) >= 11 is 5.88. The van der Waals surface area contributed by atoms with E-state index in [0.29, 0.717) is 5.02 Å². The van der Waals surface area contributed by atoms with Crippen molar-refractivity contribution in [3.05, 3.63) is 47.0 Å². The fourth-order valence-corrected chi connectivity index (χ4v) is 3.07. The minimum atomic E-state index is -1.25. The zero-order valence-electron chi connectivity index (χ0n) is 11.0. The summed E-state index contributed by atoms with van der Waals surface area (Å²) in [6.45, 7) is 0.288. The lowest BCUT2D eigenvalue weighted by atomic mass is 9.82. The van der Waals surface area contributed by atoms with Gasteiger partial charge in [-0.3, -0.25) is 4.79 Å². The van der Waals surface area contributed by atoms with Crippen LogP contribution >= 0.6 is 11.6 Å². The van der Waals surface area contributed by atoms with Gasteiger partial charge in [0.2, 0.25) is 5.91 Å². The molecule has 1 fully saturated rings. The second-order valence-electron chi connectivity index (χ2n) is 5.17. The first-order chi connectivity index (χ1) is 10.1. The Kier molecular flexibility index (Phi) is 3.69. The summed E-state index contributed by atoms with van der Waals surface area (Å²) in [6.07, 6.45) is 2.35. The van der Waals surface area contributed by atoms with E-state index >= 15 is 0 Å². The van der Waals surface area contributed by atoms with Crippen molar-refractivity contribution < 1.29 is 19.4 Å². The summed E-state index contributed by atoms with van der Waals surface area (Å²) in [5, 5.41) is 14.5. The van der Waals surface area contributed by atoms with Crippen molar-refractivity contribution >= 4 is 23.5 Å². The van der Waals surface area contributed by atoms with E-state index in [4.69, 9.17) is 16.3 Å². The molecule has 1 amide bonds. The van der Waals surface area contributed by atoms with E-state index in [1.165, 1.54) is 0 Å². The Hall–Kier alpha value is -1.85. The van der Waals surface area contributed by atoms with Crippen molar-refractivity contribution in [3.8, 4) is 0 Å². The van der Waals surface area contributed by atoms with Gasteiger partial charge >= 0.3 is 0 Å². The normalized spacial score (nSPS) is 29.6. The van der Waals surface area contributed by atoms with E-state index in [0.717, 1.165) is 5.56 Å². The molecule has 4 atom stereocenters. The van der Waals surface area contributed by atoms with Crippen LogP contribution in [0.2, 0.25) is 5.02 Å². The fourth-order valence-electron chi connectivity index (χ4n) is 2.86. The Morgan fingerprint density at radius 2 is 1.95 bits per heavy atom. The van der Waals surface area contributed by atoms with Gasteiger partial charge in [-0.25, -0.2) is 0 Å². The molecular weight excluding hydrogens is 294 g/mol. The van der Waals surface area contributed by atoms with Crippen LogP contribution in [0.3, 0.4) is 0 Å². The van der Waals surface area contributed by atoms with Crippen LogP contribution in [-0.2, 0) is 20.9 Å². The molecule has 2 heterocycles. The quantitative estimate of drug-likeness (QED) is 0.810. The molecule has 2 aliphatic rings. The number of carbonyl (C=O) groups excluding carboxylic acids is 2. The standard InChI is InChI=1S/C15H14ClNO4/c16-9-3-1-2-8(6-9)7-17-14(18)12-10-4-5-11(21-10)13(12)15(19)20/h1-6,10-13H,7H2,(H,17,18)(H,19,20)/p-1/t10-,11+,12+,13+/m1/s1. The number of aliphatic carboxylic acids is 1. The summed E-state index contributed by atoms with van der Waals surface area (Å²) in [6, 6.07) is 7.11. The van der Waals surface area contributed by atoms with Crippen LogP contribution in [0.15, 0.2) is 36.4 Å². The highest BCUT2D eigenvalue weighted by Gasteiger charge is 2.50. The summed E-state index contributed by atoms with van der Waals surface area (Å²) in [7, 11) is 0.